The second-order valence-electron chi connectivity index (χ2n) is 7.90. The number of rotatable bonds is 5. The first-order valence-corrected chi connectivity index (χ1v) is 10.2. The maximum Gasteiger partial charge on any atom is 0.255 e. The van der Waals surface area contributed by atoms with Gasteiger partial charge in [0.1, 0.15) is 17.9 Å². The summed E-state index contributed by atoms with van der Waals surface area (Å²) in [6.07, 6.45) is 1.61. The van der Waals surface area contributed by atoms with Crippen molar-refractivity contribution in [2.75, 3.05) is 26.7 Å². The maximum atomic E-state index is 12.8. The minimum atomic E-state index is -0.601. The maximum absolute atomic E-state index is 12.8. The van der Waals surface area contributed by atoms with E-state index in [1.54, 1.807) is 18.1 Å². The Bertz CT molecular complexity index is 815. The van der Waals surface area contributed by atoms with E-state index in [2.05, 4.69) is 17.1 Å². The minimum Gasteiger partial charge on any atom is -0.489 e. The summed E-state index contributed by atoms with van der Waals surface area (Å²) in [6.45, 7) is 5.17. The van der Waals surface area contributed by atoms with Crippen molar-refractivity contribution in [3.63, 3.8) is 0 Å². The van der Waals surface area contributed by atoms with Crippen LogP contribution >= 0.6 is 0 Å². The molecular weight excluding hydrogens is 374 g/mol. The summed E-state index contributed by atoms with van der Waals surface area (Å²) in [7, 11) is 1.73. The number of benzene rings is 1. The first-order chi connectivity index (χ1) is 14.0. The van der Waals surface area contributed by atoms with E-state index in [9.17, 15) is 14.4 Å². The Morgan fingerprint density at radius 3 is 2.69 bits per heavy atom. The number of imide groups is 1. The topological polar surface area (TPSA) is 88.2 Å². The molecule has 1 unspecified atom stereocenters. The molecule has 3 atom stereocenters. The van der Waals surface area contributed by atoms with Gasteiger partial charge >= 0.3 is 0 Å². The second kappa shape index (κ2) is 8.12. The number of carbonyl (C=O) groups excluding carboxylic acids is 3. The van der Waals surface area contributed by atoms with Crippen molar-refractivity contribution >= 4 is 17.7 Å². The Balaban J connectivity index is 1.46. The molecule has 3 heterocycles. The summed E-state index contributed by atoms with van der Waals surface area (Å²) in [5.74, 6) is -0.129. The highest BCUT2D eigenvalue weighted by atomic mass is 16.5. The molecule has 2 saturated heterocycles. The van der Waals surface area contributed by atoms with Crippen molar-refractivity contribution in [3.05, 3.63) is 29.3 Å². The number of ether oxygens (including phenoxy) is 2. The molecule has 8 heteroatoms. The Hall–Kier alpha value is -2.45. The fraction of sp³-hybridized carbons (Fsp3) is 0.571. The SMILES string of the molecule is CCN1C[C@H](OC)C[C@@H](Oc2ccc3c(c2)CN(C2CCC(=O)NC2=O)C3=O)C1. The lowest BCUT2D eigenvalue weighted by molar-refractivity contribution is -0.136. The third kappa shape index (κ3) is 4.00. The molecule has 1 aromatic rings. The number of hydrogen-bond donors (Lipinski definition) is 1. The van der Waals surface area contributed by atoms with Crippen LogP contribution in [0.25, 0.3) is 0 Å². The highest BCUT2D eigenvalue weighted by molar-refractivity contribution is 6.05. The fourth-order valence-corrected chi connectivity index (χ4v) is 4.42. The Labute approximate surface area is 170 Å². The molecule has 0 aliphatic carbocycles. The summed E-state index contributed by atoms with van der Waals surface area (Å²) in [6, 6.07) is 4.88. The van der Waals surface area contributed by atoms with Gasteiger partial charge in [0, 0.05) is 45.1 Å². The number of nitrogens with one attached hydrogen (secondary N) is 1. The highest BCUT2D eigenvalue weighted by Crippen LogP contribution is 2.31. The number of methoxy groups -OCH3 is 1. The second-order valence-corrected chi connectivity index (χ2v) is 7.90. The molecule has 3 aliphatic rings. The van der Waals surface area contributed by atoms with Gasteiger partial charge in [-0.15, -0.1) is 0 Å². The predicted octanol–water partition coefficient (Wildman–Crippen LogP) is 0.936. The molecule has 0 spiro atoms. The van der Waals surface area contributed by atoms with Crippen LogP contribution < -0.4 is 10.1 Å². The third-order valence-electron chi connectivity index (χ3n) is 6.03. The van der Waals surface area contributed by atoms with Crippen LogP contribution in [0.4, 0.5) is 0 Å². The first-order valence-electron chi connectivity index (χ1n) is 10.2. The normalized spacial score (nSPS) is 27.7. The van der Waals surface area contributed by atoms with Crippen molar-refractivity contribution in [2.24, 2.45) is 0 Å². The molecule has 29 heavy (non-hydrogen) atoms. The Morgan fingerprint density at radius 1 is 1.17 bits per heavy atom. The van der Waals surface area contributed by atoms with E-state index in [1.807, 2.05) is 12.1 Å². The van der Waals surface area contributed by atoms with Gasteiger partial charge in [0.15, 0.2) is 0 Å². The average molecular weight is 401 g/mol. The monoisotopic (exact) mass is 401 g/mol. The highest BCUT2D eigenvalue weighted by Gasteiger charge is 2.39. The molecule has 1 N–H and O–H groups in total. The van der Waals surface area contributed by atoms with Gasteiger partial charge in [0.25, 0.3) is 5.91 Å². The van der Waals surface area contributed by atoms with Crippen molar-refractivity contribution in [1.29, 1.82) is 0 Å². The lowest BCUT2D eigenvalue weighted by atomic mass is 10.0. The van der Waals surface area contributed by atoms with Crippen LogP contribution in [0, 0.1) is 0 Å². The summed E-state index contributed by atoms with van der Waals surface area (Å²) >= 11 is 0. The van der Waals surface area contributed by atoms with E-state index in [1.165, 1.54) is 0 Å². The van der Waals surface area contributed by atoms with Gasteiger partial charge in [-0.25, -0.2) is 0 Å². The quantitative estimate of drug-likeness (QED) is 0.739. The van der Waals surface area contributed by atoms with Crippen LogP contribution in [0.15, 0.2) is 18.2 Å². The molecular formula is C21H27N3O5. The molecule has 2 fully saturated rings. The number of nitrogens with zero attached hydrogens (tertiary/aromatic N) is 2. The van der Waals surface area contributed by atoms with E-state index in [0.717, 1.165) is 37.4 Å². The first kappa shape index (κ1) is 19.8. The van der Waals surface area contributed by atoms with Crippen molar-refractivity contribution in [2.45, 2.75) is 51.0 Å². The minimum absolute atomic E-state index is 0.0232. The zero-order valence-electron chi connectivity index (χ0n) is 16.8. The van der Waals surface area contributed by atoms with Crippen LogP contribution in [0.5, 0.6) is 5.75 Å². The molecule has 8 nitrogen and oxygen atoms in total. The van der Waals surface area contributed by atoms with Crippen molar-refractivity contribution in [3.8, 4) is 5.75 Å². The number of carbonyl (C=O) groups is 3. The molecule has 0 radical (unpaired) electrons. The molecule has 156 valence electrons. The number of likely N-dealkylation sites (tertiary alicyclic amines) is 1. The Kier molecular flexibility index (Phi) is 5.56. The van der Waals surface area contributed by atoms with Crippen LogP contribution in [0.2, 0.25) is 0 Å². The van der Waals surface area contributed by atoms with Gasteiger partial charge in [-0.05, 0) is 36.7 Å². The lowest BCUT2D eigenvalue weighted by Crippen LogP contribution is -2.52. The van der Waals surface area contributed by atoms with E-state index >= 15 is 0 Å². The van der Waals surface area contributed by atoms with Gasteiger partial charge in [0.05, 0.1) is 6.10 Å². The number of likely N-dealkylation sites (N-methyl/N-ethyl adjacent to an activating group) is 1. The zero-order valence-corrected chi connectivity index (χ0v) is 16.8. The smallest absolute Gasteiger partial charge is 0.255 e. The fourth-order valence-electron chi connectivity index (χ4n) is 4.42. The average Bonchev–Trinajstić information content (AvgIpc) is 3.03. The zero-order chi connectivity index (χ0) is 20.5. The van der Waals surface area contributed by atoms with Crippen molar-refractivity contribution < 1.29 is 23.9 Å². The molecule has 3 amide bonds. The largest absolute Gasteiger partial charge is 0.489 e. The van der Waals surface area contributed by atoms with Crippen LogP contribution in [0.1, 0.15) is 42.1 Å². The summed E-state index contributed by atoms with van der Waals surface area (Å²) in [4.78, 5) is 40.2. The van der Waals surface area contributed by atoms with Gasteiger partial charge in [-0.2, -0.15) is 0 Å². The molecule has 0 aromatic heterocycles. The number of amides is 3. The summed E-state index contributed by atoms with van der Waals surface area (Å²) < 4.78 is 11.8. The van der Waals surface area contributed by atoms with Gasteiger partial charge in [0.2, 0.25) is 11.8 Å². The van der Waals surface area contributed by atoms with Gasteiger partial charge < -0.3 is 14.4 Å². The van der Waals surface area contributed by atoms with E-state index in [-0.39, 0.29) is 30.4 Å². The van der Waals surface area contributed by atoms with Crippen molar-refractivity contribution in [1.82, 2.24) is 15.1 Å². The molecule has 3 aliphatic heterocycles. The summed E-state index contributed by atoms with van der Waals surface area (Å²) in [5, 5.41) is 2.33. The van der Waals surface area contributed by atoms with E-state index in [4.69, 9.17) is 9.47 Å². The van der Waals surface area contributed by atoms with Crippen LogP contribution in [-0.4, -0.2) is 72.5 Å². The predicted molar refractivity (Wildman–Crippen MR) is 104 cm³/mol. The van der Waals surface area contributed by atoms with E-state index < -0.39 is 11.9 Å². The van der Waals surface area contributed by atoms with Gasteiger partial charge in [-0.1, -0.05) is 6.92 Å². The molecule has 0 bridgehead atoms. The van der Waals surface area contributed by atoms with Gasteiger partial charge in [-0.3, -0.25) is 24.6 Å². The lowest BCUT2D eigenvalue weighted by Gasteiger charge is -2.36. The number of fused-ring (bicyclic) bond motifs is 1. The number of piperidine rings is 2. The number of hydrogen-bond acceptors (Lipinski definition) is 6. The van der Waals surface area contributed by atoms with Crippen LogP contribution in [-0.2, 0) is 20.9 Å². The Morgan fingerprint density at radius 2 is 1.97 bits per heavy atom. The van der Waals surface area contributed by atoms with Crippen LogP contribution in [0.3, 0.4) is 0 Å². The van der Waals surface area contributed by atoms with E-state index in [0.29, 0.717) is 18.5 Å². The molecule has 1 aromatic carbocycles. The third-order valence-corrected chi connectivity index (χ3v) is 6.03. The standard InChI is InChI=1S/C21H27N3O5/c1-3-23-11-15(28-2)9-16(12-23)29-14-4-5-17-13(8-14)10-24(21(17)27)18-6-7-19(25)22-20(18)26/h4-5,8,15-16,18H,3,6-7,9-12H2,1-2H3,(H,22,25,26)/t15-,16-,18?/m1/s1. The summed E-state index contributed by atoms with van der Waals surface area (Å²) in [5.41, 5.74) is 1.44. The molecule has 4 rings (SSSR count). The molecule has 0 saturated carbocycles.